The highest BCUT2D eigenvalue weighted by molar-refractivity contribution is 5.59. The minimum absolute atomic E-state index is 0.00738. The van der Waals surface area contributed by atoms with E-state index in [9.17, 15) is 10.1 Å². The lowest BCUT2D eigenvalue weighted by atomic mass is 10.3. The Hall–Kier alpha value is -2.45. The van der Waals surface area contributed by atoms with Gasteiger partial charge in [0.15, 0.2) is 0 Å². The lowest BCUT2D eigenvalue weighted by Crippen LogP contribution is -2.10. The highest BCUT2D eigenvalue weighted by Crippen LogP contribution is 2.28. The summed E-state index contributed by atoms with van der Waals surface area (Å²) in [7, 11) is 0. The second kappa shape index (κ2) is 5.46. The summed E-state index contributed by atoms with van der Waals surface area (Å²) in [5.74, 6) is 1.01. The maximum absolute atomic E-state index is 11.1. The number of anilines is 1. The molecule has 9 nitrogen and oxygen atoms in total. The molecule has 0 amide bonds. The van der Waals surface area contributed by atoms with E-state index < -0.39 is 4.92 Å². The molecule has 2 aromatic heterocycles. The number of hydrogen-bond acceptors (Lipinski definition) is 6. The molecule has 9 heteroatoms. The number of H-pyrrole nitrogens is 1. The lowest BCUT2D eigenvalue weighted by molar-refractivity contribution is -0.384. The van der Waals surface area contributed by atoms with Gasteiger partial charge in [-0.05, 0) is 13.3 Å². The summed E-state index contributed by atoms with van der Waals surface area (Å²) in [6.07, 6.45) is 2.23. The fourth-order valence-corrected chi connectivity index (χ4v) is 1.82. The van der Waals surface area contributed by atoms with Crippen molar-refractivity contribution in [3.63, 3.8) is 0 Å². The van der Waals surface area contributed by atoms with Gasteiger partial charge < -0.3 is 5.32 Å². The SMILES string of the molecule is CCCn1nc(C)c([N+](=O)[O-])c1NCc1ncn[nH]1. The van der Waals surface area contributed by atoms with E-state index in [4.69, 9.17) is 0 Å². The summed E-state index contributed by atoms with van der Waals surface area (Å²) in [6.45, 7) is 4.57. The fraction of sp³-hybridized carbons (Fsp3) is 0.500. The molecule has 19 heavy (non-hydrogen) atoms. The standard InChI is InChI=1S/C10H15N7O2/c1-3-4-16-10(9(17(18)19)7(2)15-16)11-5-8-12-6-13-14-8/h6,11H,3-5H2,1-2H3,(H,12,13,14). The summed E-state index contributed by atoms with van der Waals surface area (Å²) in [5.41, 5.74) is 0.409. The van der Waals surface area contributed by atoms with Crippen molar-refractivity contribution in [1.29, 1.82) is 0 Å². The molecule has 0 aliphatic rings. The van der Waals surface area contributed by atoms with Crippen LogP contribution in [0.2, 0.25) is 0 Å². The van der Waals surface area contributed by atoms with Gasteiger partial charge in [0.25, 0.3) is 0 Å². The van der Waals surface area contributed by atoms with E-state index in [2.05, 4.69) is 25.6 Å². The first-order chi connectivity index (χ1) is 9.13. The molecule has 0 bridgehead atoms. The van der Waals surface area contributed by atoms with Crippen LogP contribution >= 0.6 is 0 Å². The number of aromatic amines is 1. The van der Waals surface area contributed by atoms with Crippen molar-refractivity contribution < 1.29 is 4.92 Å². The number of aryl methyl sites for hydroxylation is 2. The Balaban J connectivity index is 2.27. The summed E-state index contributed by atoms with van der Waals surface area (Å²) in [6, 6.07) is 0. The fourth-order valence-electron chi connectivity index (χ4n) is 1.82. The van der Waals surface area contributed by atoms with Gasteiger partial charge >= 0.3 is 5.69 Å². The average Bonchev–Trinajstić information content (AvgIpc) is 2.95. The van der Waals surface area contributed by atoms with Crippen molar-refractivity contribution in [1.82, 2.24) is 25.0 Å². The van der Waals surface area contributed by atoms with E-state index in [0.717, 1.165) is 6.42 Å². The number of aromatic nitrogens is 5. The minimum Gasteiger partial charge on any atom is -0.357 e. The molecule has 102 valence electrons. The molecular weight excluding hydrogens is 250 g/mol. The number of nitrogens with zero attached hydrogens (tertiary/aromatic N) is 5. The number of hydrogen-bond donors (Lipinski definition) is 2. The molecule has 0 radical (unpaired) electrons. The molecule has 0 fully saturated rings. The third-order valence-electron chi connectivity index (χ3n) is 2.60. The third kappa shape index (κ3) is 2.69. The van der Waals surface area contributed by atoms with Gasteiger partial charge in [0.05, 0.1) is 11.5 Å². The van der Waals surface area contributed by atoms with Crippen LogP contribution in [0.3, 0.4) is 0 Å². The van der Waals surface area contributed by atoms with E-state index >= 15 is 0 Å². The summed E-state index contributed by atoms with van der Waals surface area (Å²) in [5, 5.41) is 24.7. The second-order valence-electron chi connectivity index (χ2n) is 4.05. The highest BCUT2D eigenvalue weighted by Gasteiger charge is 2.24. The zero-order valence-corrected chi connectivity index (χ0v) is 10.8. The van der Waals surface area contributed by atoms with Crippen LogP contribution in [0.1, 0.15) is 24.9 Å². The van der Waals surface area contributed by atoms with Crippen molar-refractivity contribution >= 4 is 11.5 Å². The van der Waals surface area contributed by atoms with E-state index in [1.165, 1.54) is 6.33 Å². The van der Waals surface area contributed by atoms with Gasteiger partial charge in [-0.3, -0.25) is 15.2 Å². The van der Waals surface area contributed by atoms with Crippen molar-refractivity contribution in [2.75, 3.05) is 5.32 Å². The molecule has 2 N–H and O–H groups in total. The van der Waals surface area contributed by atoms with Crippen LogP contribution in [0.4, 0.5) is 11.5 Å². The summed E-state index contributed by atoms with van der Waals surface area (Å²) < 4.78 is 1.61. The minimum atomic E-state index is -0.419. The predicted molar refractivity (Wildman–Crippen MR) is 67.6 cm³/mol. The average molecular weight is 265 g/mol. The first-order valence-corrected chi connectivity index (χ1v) is 5.93. The van der Waals surface area contributed by atoms with E-state index in [1.807, 2.05) is 6.92 Å². The largest absolute Gasteiger partial charge is 0.357 e. The molecule has 0 unspecified atom stereocenters. The highest BCUT2D eigenvalue weighted by atomic mass is 16.6. The molecule has 0 saturated carbocycles. The Morgan fingerprint density at radius 1 is 1.58 bits per heavy atom. The Morgan fingerprint density at radius 3 is 2.95 bits per heavy atom. The molecular formula is C10H15N7O2. The zero-order chi connectivity index (χ0) is 13.8. The Bertz CT molecular complexity index is 561. The number of rotatable bonds is 6. The lowest BCUT2D eigenvalue weighted by Gasteiger charge is -2.06. The van der Waals surface area contributed by atoms with Crippen LogP contribution in [0.5, 0.6) is 0 Å². The molecule has 2 heterocycles. The Morgan fingerprint density at radius 2 is 2.37 bits per heavy atom. The molecule has 0 aliphatic heterocycles. The van der Waals surface area contributed by atoms with Gasteiger partial charge in [0, 0.05) is 6.54 Å². The maximum atomic E-state index is 11.1. The van der Waals surface area contributed by atoms with Crippen LogP contribution in [0, 0.1) is 17.0 Å². The molecule has 0 aromatic carbocycles. The predicted octanol–water partition coefficient (Wildman–Crippen LogP) is 1.24. The summed E-state index contributed by atoms with van der Waals surface area (Å²) in [4.78, 5) is 14.6. The molecule has 0 saturated heterocycles. The van der Waals surface area contributed by atoms with Gasteiger partial charge in [-0.1, -0.05) is 6.92 Å². The second-order valence-corrected chi connectivity index (χ2v) is 4.05. The quantitative estimate of drug-likeness (QED) is 0.599. The Labute approximate surface area is 109 Å². The van der Waals surface area contributed by atoms with Gasteiger partial charge in [-0.25, -0.2) is 9.67 Å². The van der Waals surface area contributed by atoms with Crippen LogP contribution in [-0.4, -0.2) is 29.9 Å². The molecule has 2 aromatic rings. The monoisotopic (exact) mass is 265 g/mol. The van der Waals surface area contributed by atoms with E-state index in [1.54, 1.807) is 11.6 Å². The molecule has 0 spiro atoms. The molecule has 0 aliphatic carbocycles. The van der Waals surface area contributed by atoms with Crippen molar-refractivity contribution in [3.05, 3.63) is 28.0 Å². The number of nitrogens with one attached hydrogen (secondary N) is 2. The zero-order valence-electron chi connectivity index (χ0n) is 10.8. The maximum Gasteiger partial charge on any atom is 0.333 e. The van der Waals surface area contributed by atoms with Crippen LogP contribution in [0.25, 0.3) is 0 Å². The third-order valence-corrected chi connectivity index (χ3v) is 2.60. The molecule has 0 atom stereocenters. The molecule has 2 rings (SSSR count). The van der Waals surface area contributed by atoms with Crippen molar-refractivity contribution in [2.45, 2.75) is 33.4 Å². The van der Waals surface area contributed by atoms with Crippen LogP contribution in [-0.2, 0) is 13.1 Å². The van der Waals surface area contributed by atoms with Gasteiger partial charge in [-0.2, -0.15) is 10.2 Å². The van der Waals surface area contributed by atoms with E-state index in [0.29, 0.717) is 30.4 Å². The van der Waals surface area contributed by atoms with E-state index in [-0.39, 0.29) is 5.69 Å². The van der Waals surface area contributed by atoms with Crippen molar-refractivity contribution in [2.24, 2.45) is 0 Å². The Kier molecular flexibility index (Phi) is 3.74. The summed E-state index contributed by atoms with van der Waals surface area (Å²) >= 11 is 0. The smallest absolute Gasteiger partial charge is 0.333 e. The van der Waals surface area contributed by atoms with Crippen molar-refractivity contribution in [3.8, 4) is 0 Å². The normalized spacial score (nSPS) is 10.6. The van der Waals surface area contributed by atoms with Gasteiger partial charge in [0.2, 0.25) is 5.82 Å². The first kappa shape index (κ1) is 13.0. The van der Waals surface area contributed by atoms with Gasteiger partial charge in [-0.15, -0.1) is 0 Å². The van der Waals surface area contributed by atoms with Crippen LogP contribution in [0.15, 0.2) is 6.33 Å². The number of nitro groups is 1. The van der Waals surface area contributed by atoms with Gasteiger partial charge in [0.1, 0.15) is 17.8 Å². The topological polar surface area (TPSA) is 115 Å². The van der Waals surface area contributed by atoms with Crippen LogP contribution < -0.4 is 5.32 Å². The first-order valence-electron chi connectivity index (χ1n) is 5.93.